The molecule has 13 heavy (non-hydrogen) atoms. The Hall–Kier alpha value is 1.05. The summed E-state index contributed by atoms with van der Waals surface area (Å²) in [5.41, 5.74) is 0. The fraction of sp³-hybridized carbons (Fsp3) is 0.500. The van der Waals surface area contributed by atoms with Crippen molar-refractivity contribution in [1.82, 2.24) is 0 Å². The molecule has 0 aromatic heterocycles. The number of hydrogen-bond acceptors (Lipinski definition) is 6. The largest absolute Gasteiger partial charge is 1.00 e. The Labute approximate surface area is 128 Å². The molecular weight excluding hydrogens is 206 g/mol. The molecule has 2 atom stereocenters. The molecule has 0 aromatic rings. The van der Waals surface area contributed by atoms with Gasteiger partial charge in [0.25, 0.3) is 0 Å². The molecule has 0 aliphatic rings. The first-order chi connectivity index (χ1) is 4.46. The van der Waals surface area contributed by atoms with E-state index < -0.39 is 24.1 Å². The van der Waals surface area contributed by atoms with Crippen molar-refractivity contribution in [3.05, 3.63) is 0 Å². The van der Waals surface area contributed by atoms with E-state index in [1.54, 1.807) is 0 Å². The van der Waals surface area contributed by atoms with Crippen LogP contribution < -0.4 is 80.5 Å². The van der Waals surface area contributed by atoms with Gasteiger partial charge in [-0.2, -0.15) is 0 Å². The maximum absolute atomic E-state index is 9.63. The molecule has 0 saturated carbocycles. The SMILES string of the molecule is O.O=C([O-])C(O)C(O)C(=O)[O-].[K+].[Li+]. The molecule has 0 saturated heterocycles. The number of carboxylic acid groups (broad SMARTS) is 2. The van der Waals surface area contributed by atoms with Gasteiger partial charge in [0.1, 0.15) is 12.2 Å². The smallest absolute Gasteiger partial charge is 0.547 e. The van der Waals surface area contributed by atoms with Gasteiger partial charge in [-0.3, -0.25) is 0 Å². The van der Waals surface area contributed by atoms with Crippen LogP contribution in [0.3, 0.4) is 0 Å². The van der Waals surface area contributed by atoms with Gasteiger partial charge >= 0.3 is 70.2 Å². The summed E-state index contributed by atoms with van der Waals surface area (Å²) in [5.74, 6) is -4.12. The minimum absolute atomic E-state index is 0. The van der Waals surface area contributed by atoms with Gasteiger partial charge in [0.2, 0.25) is 0 Å². The summed E-state index contributed by atoms with van der Waals surface area (Å²) in [6.07, 6.45) is -4.88. The van der Waals surface area contributed by atoms with Gasteiger partial charge in [0.05, 0.1) is 11.9 Å². The van der Waals surface area contributed by atoms with Crippen LogP contribution in [0.5, 0.6) is 0 Å². The third-order valence-corrected chi connectivity index (χ3v) is 0.782. The number of aliphatic hydroxyl groups is 2. The second kappa shape index (κ2) is 11.1. The van der Waals surface area contributed by atoms with Crippen LogP contribution >= 0.6 is 0 Å². The quantitative estimate of drug-likeness (QED) is 0.443. The topological polar surface area (TPSA) is 152 Å². The van der Waals surface area contributed by atoms with Crippen LogP contribution in [0.2, 0.25) is 0 Å². The van der Waals surface area contributed by atoms with Crippen molar-refractivity contribution in [3.8, 4) is 0 Å². The molecule has 9 heteroatoms. The van der Waals surface area contributed by atoms with E-state index >= 15 is 0 Å². The Bertz CT molecular complexity index is 145. The molecule has 2 unspecified atom stereocenters. The molecule has 0 radical (unpaired) electrons. The molecule has 0 rings (SSSR count). The summed E-state index contributed by atoms with van der Waals surface area (Å²) in [4.78, 5) is 19.3. The average molecular weight is 212 g/mol. The molecule has 0 amide bonds. The second-order valence-corrected chi connectivity index (χ2v) is 1.53. The number of aliphatic carboxylic acids is 2. The fourth-order valence-corrected chi connectivity index (χ4v) is 0.258. The van der Waals surface area contributed by atoms with E-state index in [9.17, 15) is 19.8 Å². The molecule has 0 fully saturated rings. The zero-order chi connectivity index (χ0) is 8.31. The van der Waals surface area contributed by atoms with Crippen molar-refractivity contribution in [2.24, 2.45) is 0 Å². The minimum Gasteiger partial charge on any atom is -0.547 e. The molecule has 0 aliphatic heterocycles. The molecule has 7 nitrogen and oxygen atoms in total. The number of carbonyl (C=O) groups excluding carboxylic acids is 2. The van der Waals surface area contributed by atoms with Gasteiger partial charge in [-0.15, -0.1) is 0 Å². The van der Waals surface area contributed by atoms with Crippen molar-refractivity contribution < 1.29 is 106 Å². The van der Waals surface area contributed by atoms with Crippen LogP contribution in [0.1, 0.15) is 0 Å². The zero-order valence-electron chi connectivity index (χ0n) is 7.18. The summed E-state index contributed by atoms with van der Waals surface area (Å²) in [6, 6.07) is 0. The predicted molar refractivity (Wildman–Crippen MR) is 25.6 cm³/mol. The van der Waals surface area contributed by atoms with Crippen molar-refractivity contribution in [1.29, 1.82) is 0 Å². The van der Waals surface area contributed by atoms with Crippen LogP contribution in [-0.2, 0) is 9.59 Å². The maximum Gasteiger partial charge on any atom is 1.00 e. The summed E-state index contributed by atoms with van der Waals surface area (Å²) in [7, 11) is 0. The standard InChI is InChI=1S/C4H6O6.K.Li.H2O/c5-1(3(7)8)2(6)4(9)10;;;/h1-2,5-6H,(H,7,8)(H,9,10);;;1H2/q;2*+1;/p-2. The summed E-state index contributed by atoms with van der Waals surface area (Å²) < 4.78 is 0. The Morgan fingerprint density at radius 1 is 1.00 bits per heavy atom. The van der Waals surface area contributed by atoms with Crippen LogP contribution in [-0.4, -0.2) is 39.8 Å². The van der Waals surface area contributed by atoms with Gasteiger partial charge in [-0.1, -0.05) is 0 Å². The third kappa shape index (κ3) is 9.36. The zero-order valence-corrected chi connectivity index (χ0v) is 10.3. The van der Waals surface area contributed by atoms with E-state index in [1.807, 2.05) is 0 Å². The monoisotopic (exact) mass is 212 g/mol. The van der Waals surface area contributed by atoms with Crippen LogP contribution in [0.15, 0.2) is 0 Å². The number of carbonyl (C=O) groups is 2. The number of hydrogen-bond donors (Lipinski definition) is 2. The van der Waals surface area contributed by atoms with E-state index in [-0.39, 0.29) is 75.7 Å². The Morgan fingerprint density at radius 2 is 1.15 bits per heavy atom. The fourth-order valence-electron chi connectivity index (χ4n) is 0.258. The van der Waals surface area contributed by atoms with E-state index in [1.165, 1.54) is 0 Å². The van der Waals surface area contributed by atoms with Gasteiger partial charge in [-0.25, -0.2) is 0 Å². The second-order valence-electron chi connectivity index (χ2n) is 1.53. The van der Waals surface area contributed by atoms with Gasteiger partial charge in [-0.05, 0) is 0 Å². The van der Waals surface area contributed by atoms with E-state index in [0.717, 1.165) is 0 Å². The van der Waals surface area contributed by atoms with E-state index in [0.29, 0.717) is 0 Å². The molecule has 66 valence electrons. The van der Waals surface area contributed by atoms with E-state index in [4.69, 9.17) is 10.2 Å². The van der Waals surface area contributed by atoms with Crippen LogP contribution in [0.25, 0.3) is 0 Å². The van der Waals surface area contributed by atoms with Crippen molar-refractivity contribution >= 4 is 11.9 Å². The van der Waals surface area contributed by atoms with E-state index in [2.05, 4.69) is 0 Å². The third-order valence-electron chi connectivity index (χ3n) is 0.782. The summed E-state index contributed by atoms with van der Waals surface area (Å²) in [5, 5.41) is 35.7. The summed E-state index contributed by atoms with van der Waals surface area (Å²) in [6.45, 7) is 0. The van der Waals surface area contributed by atoms with Crippen molar-refractivity contribution in [2.75, 3.05) is 0 Å². The minimum atomic E-state index is -2.44. The Morgan fingerprint density at radius 3 is 1.23 bits per heavy atom. The Balaban J connectivity index is -0.000000135. The first-order valence-corrected chi connectivity index (χ1v) is 2.24. The number of rotatable bonds is 3. The van der Waals surface area contributed by atoms with Gasteiger partial charge in [0.15, 0.2) is 0 Å². The van der Waals surface area contributed by atoms with Crippen molar-refractivity contribution in [3.63, 3.8) is 0 Å². The Kier molecular flexibility index (Phi) is 20.3. The van der Waals surface area contributed by atoms with Crippen LogP contribution in [0, 0.1) is 0 Å². The van der Waals surface area contributed by atoms with Crippen molar-refractivity contribution in [2.45, 2.75) is 12.2 Å². The number of aliphatic hydroxyl groups excluding tert-OH is 2. The molecule has 4 N–H and O–H groups in total. The molecular formula is C4H6KLiO7. The van der Waals surface area contributed by atoms with Crippen LogP contribution in [0.4, 0.5) is 0 Å². The number of carboxylic acids is 2. The predicted octanol–water partition coefficient (Wildman–Crippen LogP) is -11.6. The van der Waals surface area contributed by atoms with Gasteiger partial charge in [0, 0.05) is 0 Å². The first kappa shape index (κ1) is 23.7. The molecule has 0 heterocycles. The van der Waals surface area contributed by atoms with Gasteiger partial charge < -0.3 is 35.5 Å². The molecule has 0 bridgehead atoms. The first-order valence-electron chi connectivity index (χ1n) is 2.24. The molecule has 0 aromatic carbocycles. The molecule has 0 spiro atoms. The summed E-state index contributed by atoms with van der Waals surface area (Å²) >= 11 is 0. The normalized spacial score (nSPS) is 12.2. The molecule has 0 aliphatic carbocycles. The maximum atomic E-state index is 9.63. The average Bonchev–Trinajstić information content (AvgIpc) is 1.84.